The summed E-state index contributed by atoms with van der Waals surface area (Å²) < 4.78 is 57.2. The van der Waals surface area contributed by atoms with E-state index >= 15 is 0 Å². The maximum absolute atomic E-state index is 12.2. The van der Waals surface area contributed by atoms with Crippen LogP contribution in [0.2, 0.25) is 0 Å². The molecule has 16 aliphatic rings. The third-order valence-electron chi connectivity index (χ3n) is 30.9. The summed E-state index contributed by atoms with van der Waals surface area (Å²) >= 11 is 0. The molecule has 23 unspecified atom stereocenters. The van der Waals surface area contributed by atoms with Crippen LogP contribution in [-0.4, -0.2) is 92.8 Å². The smallest absolute Gasteiger partial charge is 0.313 e. The van der Waals surface area contributed by atoms with Crippen molar-refractivity contribution >= 4 is 29.8 Å². The number of rotatable bonds is 25. The van der Waals surface area contributed by atoms with Gasteiger partial charge in [-0.3, -0.25) is 24.0 Å². The summed E-state index contributed by atoms with van der Waals surface area (Å²) in [7, 11) is 0. The van der Waals surface area contributed by atoms with Gasteiger partial charge in [-0.15, -0.1) is 0 Å². The van der Waals surface area contributed by atoms with E-state index in [1.807, 2.05) is 125 Å². The van der Waals surface area contributed by atoms with Gasteiger partial charge in [0.2, 0.25) is 0 Å². The van der Waals surface area contributed by atoms with Crippen LogP contribution in [0, 0.1) is 145 Å². The molecule has 16 rings (SSSR count). The Balaban J connectivity index is 0.000000128. The molecule has 0 aliphatic heterocycles. The highest BCUT2D eigenvalue weighted by Gasteiger charge is 2.64. The SMILES string of the molecule is CCC(C)(C)C(=O)OC(C)OC1C2CC3CC(C2)CC1C3.CCC(C)(C)C(=O)OC(C)OC1CC2CC1C1C3CCC(C3)C21.CCC(C)(C)C(=O)OC(C)OC1CC2CCC1C2.CCC(C)(C)C(=O)OCOC1CC2CC1C1C3CCC(C3)C21.CCC(C)(C)C(=O)OCOC1CC2CCC1C2. The molecule has 0 aromatic rings. The molecular weight excluding hydrogens is 1270 g/mol. The van der Waals surface area contributed by atoms with Gasteiger partial charge in [-0.2, -0.15) is 0 Å². The normalized spacial score (nSPS) is 39.5. The average molecular weight is 1420 g/mol. The summed E-state index contributed by atoms with van der Waals surface area (Å²) in [6, 6.07) is 0. The standard InChI is InChI=1S/C20H32O3.C19H30O3.C18H30O3.C15H26O3.C14H24O3/c1-5-20(3,4)19(21)23-11(2)22-16-10-14-9-15(16)18-13-7-6-12(8-13)17(14)18;1-4-19(2,3)18(20)22-10-21-15-9-13-8-14(15)17-12-6-5-11(7-12)16(13)17;1-5-18(3,4)17(19)21-11(2)20-16-14-7-12-6-13(9-14)10-15(16)8-12;1-5-15(3,4)14(16)18-10(2)17-13-9-11-6-7-12(13)8-11;1-4-14(2,3)13(15)17-9-16-12-8-10-5-6-11(12)7-10/h11-18H,5-10H2,1-4H3;11-17H,4-10H2,1-3H3;11-16H,5-10H2,1-4H3;10-13H,5-9H2,1-4H3;10-12H,4-9H2,1-3H3. The van der Waals surface area contributed by atoms with Crippen LogP contribution in [0.1, 0.15) is 304 Å². The zero-order chi connectivity index (χ0) is 72.8. The van der Waals surface area contributed by atoms with Crippen LogP contribution in [0.15, 0.2) is 0 Å². The maximum atomic E-state index is 12.2. The first-order chi connectivity index (χ1) is 47.7. The van der Waals surface area contributed by atoms with E-state index < -0.39 is 45.9 Å². The van der Waals surface area contributed by atoms with Crippen molar-refractivity contribution in [1.82, 2.24) is 0 Å². The maximum Gasteiger partial charge on any atom is 0.313 e. The number of carbonyl (C=O) groups is 5. The van der Waals surface area contributed by atoms with Gasteiger partial charge in [0.1, 0.15) is 0 Å². The zero-order valence-electron chi connectivity index (χ0n) is 66.5. The molecule has 15 heteroatoms. The lowest BCUT2D eigenvalue weighted by Crippen LogP contribution is -2.50. The first kappa shape index (κ1) is 79.2. The van der Waals surface area contributed by atoms with Gasteiger partial charge in [0.25, 0.3) is 0 Å². The van der Waals surface area contributed by atoms with Crippen LogP contribution in [-0.2, 0) is 71.3 Å². The van der Waals surface area contributed by atoms with Crippen LogP contribution in [0.3, 0.4) is 0 Å². The molecule has 0 aromatic carbocycles. The van der Waals surface area contributed by atoms with Gasteiger partial charge in [-0.05, 0) is 388 Å². The van der Waals surface area contributed by atoms with E-state index in [0.717, 1.165) is 139 Å². The molecule has 16 bridgehead atoms. The molecule has 0 radical (unpaired) electrons. The molecule has 0 heterocycles. The predicted molar refractivity (Wildman–Crippen MR) is 389 cm³/mol. The first-order valence-corrected chi connectivity index (χ1v) is 41.9. The average Bonchev–Trinajstić information content (AvgIpc) is 1.57. The van der Waals surface area contributed by atoms with Crippen molar-refractivity contribution in [3.63, 3.8) is 0 Å². The van der Waals surface area contributed by atoms with Gasteiger partial charge < -0.3 is 47.4 Å². The minimum Gasteiger partial charge on any atom is -0.438 e. The van der Waals surface area contributed by atoms with E-state index in [-0.39, 0.29) is 43.4 Å². The minimum absolute atomic E-state index is 0.129. The Kier molecular flexibility index (Phi) is 25.5. The minimum atomic E-state index is -0.415. The highest BCUT2D eigenvalue weighted by atomic mass is 16.7. The van der Waals surface area contributed by atoms with E-state index in [4.69, 9.17) is 47.4 Å². The lowest BCUT2D eigenvalue weighted by atomic mass is 9.55. The summed E-state index contributed by atoms with van der Waals surface area (Å²) in [6.45, 7) is 35.3. The van der Waals surface area contributed by atoms with Crippen molar-refractivity contribution in [2.45, 2.75) is 354 Å². The number of fused-ring (bicyclic) bond motifs is 22. The highest BCUT2D eigenvalue weighted by Crippen LogP contribution is 2.69. The monoisotopic (exact) mass is 1420 g/mol. The van der Waals surface area contributed by atoms with Gasteiger partial charge in [-0.1, -0.05) is 34.6 Å². The van der Waals surface area contributed by atoms with Crippen molar-refractivity contribution in [3.05, 3.63) is 0 Å². The fraction of sp³-hybridized carbons (Fsp3) is 0.942. The fourth-order valence-corrected chi connectivity index (χ4v) is 23.4. The molecule has 0 N–H and O–H groups in total. The first-order valence-electron chi connectivity index (χ1n) is 41.9. The predicted octanol–water partition coefficient (Wildman–Crippen LogP) is 19.2. The van der Waals surface area contributed by atoms with Crippen LogP contribution >= 0.6 is 0 Å². The molecule has 0 saturated heterocycles. The van der Waals surface area contributed by atoms with Gasteiger partial charge >= 0.3 is 29.8 Å². The second kappa shape index (κ2) is 32.5. The summed E-state index contributed by atoms with van der Waals surface area (Å²) in [6.07, 6.45) is 35.5. The second-order valence-corrected chi connectivity index (χ2v) is 39.1. The molecule has 15 nitrogen and oxygen atoms in total. The largest absolute Gasteiger partial charge is 0.438 e. The Labute approximate surface area is 611 Å². The molecule has 101 heavy (non-hydrogen) atoms. The summed E-state index contributed by atoms with van der Waals surface area (Å²) in [5, 5.41) is 0. The third kappa shape index (κ3) is 17.8. The lowest BCUT2D eigenvalue weighted by molar-refractivity contribution is -0.224. The molecule has 16 aliphatic carbocycles. The van der Waals surface area contributed by atoms with Gasteiger partial charge in [0, 0.05) is 0 Å². The third-order valence-corrected chi connectivity index (χ3v) is 30.9. The topological polar surface area (TPSA) is 178 Å². The van der Waals surface area contributed by atoms with E-state index in [2.05, 4.69) is 0 Å². The molecule has 16 saturated carbocycles. The molecule has 0 spiro atoms. The summed E-state index contributed by atoms with van der Waals surface area (Å²) in [5.74, 6) is 17.0. The fourth-order valence-electron chi connectivity index (χ4n) is 23.4. The highest BCUT2D eigenvalue weighted by molar-refractivity contribution is 5.77. The zero-order valence-corrected chi connectivity index (χ0v) is 66.5. The van der Waals surface area contributed by atoms with Crippen LogP contribution in [0.4, 0.5) is 0 Å². The Morgan fingerprint density at radius 1 is 0.297 bits per heavy atom. The molecule has 576 valence electrons. The van der Waals surface area contributed by atoms with E-state index in [1.165, 1.54) is 141 Å². The molecule has 0 aromatic heterocycles. The number of hydrogen-bond donors (Lipinski definition) is 0. The summed E-state index contributed by atoms with van der Waals surface area (Å²) in [4.78, 5) is 60.1. The molecular formula is C86H142O15. The molecule has 16 fully saturated rings. The Morgan fingerprint density at radius 3 is 1.01 bits per heavy atom. The number of esters is 5. The second-order valence-electron chi connectivity index (χ2n) is 39.1. The Hall–Kier alpha value is -2.85. The lowest BCUT2D eigenvalue weighted by Gasteiger charge is -2.54. The van der Waals surface area contributed by atoms with Crippen LogP contribution < -0.4 is 0 Å². The van der Waals surface area contributed by atoms with E-state index in [1.54, 1.807) is 0 Å². The van der Waals surface area contributed by atoms with Crippen molar-refractivity contribution in [2.24, 2.45) is 145 Å². The van der Waals surface area contributed by atoms with E-state index in [9.17, 15) is 24.0 Å². The Bertz CT molecular complexity index is 2760. The van der Waals surface area contributed by atoms with Crippen LogP contribution in [0.5, 0.6) is 0 Å². The quantitative estimate of drug-likeness (QED) is 0.0365. The molecule has 23 atom stereocenters. The Morgan fingerprint density at radius 2 is 0.624 bits per heavy atom. The van der Waals surface area contributed by atoms with Gasteiger partial charge in [0.05, 0.1) is 57.6 Å². The van der Waals surface area contributed by atoms with Crippen molar-refractivity contribution in [1.29, 1.82) is 0 Å². The van der Waals surface area contributed by atoms with Crippen molar-refractivity contribution < 1.29 is 71.3 Å². The van der Waals surface area contributed by atoms with Gasteiger partial charge in [-0.25, -0.2) is 0 Å². The molecule has 0 amide bonds. The number of ether oxygens (including phenoxy) is 10. The van der Waals surface area contributed by atoms with Gasteiger partial charge in [0.15, 0.2) is 32.5 Å². The summed E-state index contributed by atoms with van der Waals surface area (Å²) in [5.41, 5.74) is -2.03. The van der Waals surface area contributed by atoms with Crippen molar-refractivity contribution in [2.75, 3.05) is 13.6 Å². The van der Waals surface area contributed by atoms with Crippen molar-refractivity contribution in [3.8, 4) is 0 Å². The van der Waals surface area contributed by atoms with Crippen LogP contribution in [0.25, 0.3) is 0 Å². The number of hydrogen-bond acceptors (Lipinski definition) is 15. The van der Waals surface area contributed by atoms with E-state index in [0.29, 0.717) is 48.3 Å². The number of carbonyl (C=O) groups excluding carboxylic acids is 5.